The molecule has 0 spiro atoms. The summed E-state index contributed by atoms with van der Waals surface area (Å²) in [5.41, 5.74) is 10.8. The molecule has 0 amide bonds. The smallest absolute Gasteiger partial charge is 0.370 e. The van der Waals surface area contributed by atoms with Crippen molar-refractivity contribution in [1.82, 2.24) is 0 Å². The maximum Gasteiger partial charge on any atom is 0.394 e. The summed E-state index contributed by atoms with van der Waals surface area (Å²) in [6, 6.07) is 0.366. The Kier molecular flexibility index (Phi) is 7.88. The molecule has 6 N–H and O–H groups in total. The summed E-state index contributed by atoms with van der Waals surface area (Å²) in [6.45, 7) is 2.16. The maximum atomic E-state index is 8.74. The average molecular weight is 281 g/mol. The first-order valence-electron chi connectivity index (χ1n) is 6.02. The van der Waals surface area contributed by atoms with Crippen LogP contribution >= 0.6 is 0 Å². The number of guanidine groups is 1. The van der Waals surface area contributed by atoms with E-state index in [1.54, 1.807) is 0 Å². The van der Waals surface area contributed by atoms with Gasteiger partial charge in [-0.1, -0.05) is 26.2 Å². The summed E-state index contributed by atoms with van der Waals surface area (Å²) in [6.07, 6.45) is 7.74. The van der Waals surface area contributed by atoms with Gasteiger partial charge in [0.2, 0.25) is 0 Å². The molecule has 1 atom stereocenters. The van der Waals surface area contributed by atoms with Crippen LogP contribution in [-0.2, 0) is 10.4 Å². The summed E-state index contributed by atoms with van der Waals surface area (Å²) in [7, 11) is -4.67. The first-order valence-corrected chi connectivity index (χ1v) is 7.42. The zero-order chi connectivity index (χ0) is 14.2. The van der Waals surface area contributed by atoms with Crippen molar-refractivity contribution in [2.75, 3.05) is 0 Å². The molecular weight excluding hydrogens is 258 g/mol. The first-order chi connectivity index (χ1) is 8.24. The van der Waals surface area contributed by atoms with Gasteiger partial charge in [0.15, 0.2) is 5.96 Å². The van der Waals surface area contributed by atoms with Crippen molar-refractivity contribution in [1.29, 1.82) is 0 Å². The fourth-order valence-corrected chi connectivity index (χ4v) is 2.24. The fourth-order valence-electron chi connectivity index (χ4n) is 2.24. The van der Waals surface area contributed by atoms with Gasteiger partial charge in [0, 0.05) is 0 Å². The second kappa shape index (κ2) is 8.28. The fraction of sp³-hybridized carbons (Fsp3) is 0.900. The number of nitrogens with two attached hydrogens (primary N) is 2. The van der Waals surface area contributed by atoms with Gasteiger partial charge in [-0.15, -0.1) is 0 Å². The number of rotatable bonds is 3. The molecule has 0 heterocycles. The van der Waals surface area contributed by atoms with Crippen LogP contribution in [0, 0.1) is 5.92 Å². The lowest BCUT2D eigenvalue weighted by Crippen LogP contribution is -2.29. The second-order valence-corrected chi connectivity index (χ2v) is 5.27. The van der Waals surface area contributed by atoms with Crippen molar-refractivity contribution in [3.63, 3.8) is 0 Å². The van der Waals surface area contributed by atoms with Crippen LogP contribution in [-0.4, -0.2) is 29.5 Å². The molecule has 108 valence electrons. The molecule has 0 aliphatic heterocycles. The standard InChI is InChI=1S/C10H21N3.H2O4S/c1-2-9(13-10(11)12)8-6-4-3-5-7-8;1-5(2,3)4/h8-9H,2-7H2,1H3,(H4,11,12,13);(H2,1,2,3,4). The predicted molar refractivity (Wildman–Crippen MR) is 70.6 cm³/mol. The molecule has 8 heteroatoms. The summed E-state index contributed by atoms with van der Waals surface area (Å²) >= 11 is 0. The first kappa shape index (κ1) is 17.1. The topological polar surface area (TPSA) is 139 Å². The SMILES string of the molecule is CCC(N=C(N)N)C1CCCCC1.O=S(=O)(O)O. The van der Waals surface area contributed by atoms with Gasteiger partial charge in [0.05, 0.1) is 6.04 Å². The Morgan fingerprint density at radius 2 is 1.72 bits per heavy atom. The molecule has 0 aromatic rings. The number of nitrogens with zero attached hydrogens (tertiary/aromatic N) is 1. The van der Waals surface area contributed by atoms with Crippen molar-refractivity contribution in [2.24, 2.45) is 22.4 Å². The van der Waals surface area contributed by atoms with Crippen molar-refractivity contribution < 1.29 is 17.5 Å². The van der Waals surface area contributed by atoms with E-state index in [-0.39, 0.29) is 5.96 Å². The van der Waals surface area contributed by atoms with Crippen LogP contribution in [0.15, 0.2) is 4.99 Å². The summed E-state index contributed by atoms with van der Waals surface area (Å²) in [5, 5.41) is 0. The summed E-state index contributed by atoms with van der Waals surface area (Å²) in [4.78, 5) is 4.29. The molecule has 0 bridgehead atoms. The van der Waals surface area contributed by atoms with Gasteiger partial charge in [-0.05, 0) is 25.2 Å². The molecule has 7 nitrogen and oxygen atoms in total. The van der Waals surface area contributed by atoms with E-state index in [9.17, 15) is 0 Å². The van der Waals surface area contributed by atoms with Crippen LogP contribution in [0.5, 0.6) is 0 Å². The quantitative estimate of drug-likeness (QED) is 0.345. The average Bonchev–Trinajstić information content (AvgIpc) is 2.24. The molecule has 1 aliphatic rings. The lowest BCUT2D eigenvalue weighted by atomic mass is 9.83. The molecule has 0 saturated heterocycles. The third-order valence-corrected chi connectivity index (χ3v) is 2.93. The minimum Gasteiger partial charge on any atom is -0.370 e. The van der Waals surface area contributed by atoms with Crippen LogP contribution in [0.4, 0.5) is 0 Å². The van der Waals surface area contributed by atoms with Crippen LogP contribution in [0.2, 0.25) is 0 Å². The monoisotopic (exact) mass is 281 g/mol. The molecule has 0 aromatic carbocycles. The number of aliphatic imine (C=N–C) groups is 1. The number of hydrogen-bond acceptors (Lipinski definition) is 3. The summed E-state index contributed by atoms with van der Waals surface area (Å²) < 4.78 is 31.6. The van der Waals surface area contributed by atoms with E-state index in [0.29, 0.717) is 6.04 Å². The van der Waals surface area contributed by atoms with Gasteiger partial charge in [0.1, 0.15) is 0 Å². The Bertz CT molecular complexity index is 338. The van der Waals surface area contributed by atoms with E-state index in [1.807, 2.05) is 0 Å². The van der Waals surface area contributed by atoms with E-state index in [2.05, 4.69) is 11.9 Å². The largest absolute Gasteiger partial charge is 0.394 e. The van der Waals surface area contributed by atoms with Crippen molar-refractivity contribution in [3.8, 4) is 0 Å². The maximum absolute atomic E-state index is 8.74. The molecule has 0 aromatic heterocycles. The summed E-state index contributed by atoms with van der Waals surface area (Å²) in [5.74, 6) is 0.971. The Hall–Kier alpha value is -0.860. The van der Waals surface area contributed by atoms with Crippen molar-refractivity contribution in [2.45, 2.75) is 51.5 Å². The Morgan fingerprint density at radius 3 is 2.06 bits per heavy atom. The van der Waals surface area contributed by atoms with Gasteiger partial charge in [-0.25, -0.2) is 0 Å². The molecule has 18 heavy (non-hydrogen) atoms. The van der Waals surface area contributed by atoms with Crippen LogP contribution < -0.4 is 11.5 Å². The zero-order valence-corrected chi connectivity index (χ0v) is 11.4. The second-order valence-electron chi connectivity index (χ2n) is 4.38. The highest BCUT2D eigenvalue weighted by atomic mass is 32.3. The highest BCUT2D eigenvalue weighted by Crippen LogP contribution is 2.29. The highest BCUT2D eigenvalue weighted by molar-refractivity contribution is 7.79. The minimum atomic E-state index is -4.67. The van der Waals surface area contributed by atoms with E-state index in [4.69, 9.17) is 29.0 Å². The highest BCUT2D eigenvalue weighted by Gasteiger charge is 2.21. The molecule has 1 fully saturated rings. The number of hydrogen-bond donors (Lipinski definition) is 4. The predicted octanol–water partition coefficient (Wildman–Crippen LogP) is 0.966. The van der Waals surface area contributed by atoms with Crippen LogP contribution in [0.1, 0.15) is 45.4 Å². The molecular formula is C10H23N3O4S. The van der Waals surface area contributed by atoms with Gasteiger partial charge in [-0.2, -0.15) is 8.42 Å². The van der Waals surface area contributed by atoms with E-state index in [1.165, 1.54) is 32.1 Å². The Labute approximate surface area is 108 Å². The lowest BCUT2D eigenvalue weighted by Gasteiger charge is -2.26. The van der Waals surface area contributed by atoms with Crippen molar-refractivity contribution >= 4 is 16.4 Å². The Balaban J connectivity index is 0.000000494. The van der Waals surface area contributed by atoms with Gasteiger partial charge in [0.25, 0.3) is 0 Å². The van der Waals surface area contributed by atoms with Crippen LogP contribution in [0.3, 0.4) is 0 Å². The molecule has 1 aliphatic carbocycles. The van der Waals surface area contributed by atoms with E-state index in [0.717, 1.165) is 12.3 Å². The van der Waals surface area contributed by atoms with Crippen molar-refractivity contribution in [3.05, 3.63) is 0 Å². The van der Waals surface area contributed by atoms with Gasteiger partial charge in [-0.3, -0.25) is 14.1 Å². The third-order valence-electron chi connectivity index (χ3n) is 2.93. The lowest BCUT2D eigenvalue weighted by molar-refractivity contribution is 0.301. The van der Waals surface area contributed by atoms with Crippen LogP contribution in [0.25, 0.3) is 0 Å². The third kappa shape index (κ3) is 10.3. The zero-order valence-electron chi connectivity index (χ0n) is 10.6. The van der Waals surface area contributed by atoms with E-state index >= 15 is 0 Å². The van der Waals surface area contributed by atoms with Gasteiger partial charge >= 0.3 is 10.4 Å². The Morgan fingerprint density at radius 1 is 1.28 bits per heavy atom. The van der Waals surface area contributed by atoms with E-state index < -0.39 is 10.4 Å². The normalized spacial score (nSPS) is 18.4. The molecule has 0 radical (unpaired) electrons. The van der Waals surface area contributed by atoms with Gasteiger partial charge < -0.3 is 11.5 Å². The molecule has 1 unspecified atom stereocenters. The minimum absolute atomic E-state index is 0.248. The molecule has 1 saturated carbocycles. The molecule has 1 rings (SSSR count).